The maximum Gasteiger partial charge on any atom is 0.330 e. The number of hydrogen-bond donors (Lipinski definition) is 1. The van der Waals surface area contributed by atoms with Crippen molar-refractivity contribution in [1.29, 1.82) is 0 Å². The maximum atomic E-state index is 12.3. The van der Waals surface area contributed by atoms with Gasteiger partial charge in [0.15, 0.2) is 5.78 Å². The Kier molecular flexibility index (Phi) is 5.09. The SMILES string of the molecule is CCOC(=O)/C=C/c1ccc(C(=O)c2cccc(N)c2)cc1. The van der Waals surface area contributed by atoms with Crippen molar-refractivity contribution in [2.24, 2.45) is 0 Å². The fourth-order valence-corrected chi connectivity index (χ4v) is 1.95. The zero-order chi connectivity index (χ0) is 15.9. The van der Waals surface area contributed by atoms with E-state index in [4.69, 9.17) is 10.5 Å². The molecule has 0 aliphatic carbocycles. The number of anilines is 1. The van der Waals surface area contributed by atoms with Crippen molar-refractivity contribution in [1.82, 2.24) is 0 Å². The predicted molar refractivity (Wildman–Crippen MR) is 86.4 cm³/mol. The van der Waals surface area contributed by atoms with Gasteiger partial charge in [-0.05, 0) is 30.7 Å². The van der Waals surface area contributed by atoms with Gasteiger partial charge in [-0.2, -0.15) is 0 Å². The molecule has 22 heavy (non-hydrogen) atoms. The molecule has 0 radical (unpaired) electrons. The highest BCUT2D eigenvalue weighted by Gasteiger charge is 2.08. The zero-order valence-corrected chi connectivity index (χ0v) is 12.3. The van der Waals surface area contributed by atoms with Crippen LogP contribution in [0.2, 0.25) is 0 Å². The van der Waals surface area contributed by atoms with Gasteiger partial charge in [0.2, 0.25) is 0 Å². The van der Waals surface area contributed by atoms with E-state index in [0.29, 0.717) is 23.4 Å². The maximum absolute atomic E-state index is 12.3. The van der Waals surface area contributed by atoms with Gasteiger partial charge in [0.25, 0.3) is 0 Å². The molecule has 0 saturated heterocycles. The molecular weight excluding hydrogens is 278 g/mol. The largest absolute Gasteiger partial charge is 0.463 e. The molecule has 0 aliphatic rings. The van der Waals surface area contributed by atoms with E-state index >= 15 is 0 Å². The van der Waals surface area contributed by atoms with E-state index in [2.05, 4.69) is 0 Å². The first-order valence-corrected chi connectivity index (χ1v) is 6.95. The lowest BCUT2D eigenvalue weighted by Crippen LogP contribution is -2.02. The van der Waals surface area contributed by atoms with E-state index in [1.165, 1.54) is 6.08 Å². The van der Waals surface area contributed by atoms with Gasteiger partial charge in [0.1, 0.15) is 0 Å². The summed E-state index contributed by atoms with van der Waals surface area (Å²) in [5.41, 5.74) is 8.18. The minimum atomic E-state index is -0.387. The third kappa shape index (κ3) is 4.06. The number of carbonyl (C=O) groups excluding carboxylic acids is 2. The van der Waals surface area contributed by atoms with Crippen LogP contribution in [0.1, 0.15) is 28.4 Å². The Hall–Kier alpha value is -2.88. The lowest BCUT2D eigenvalue weighted by atomic mass is 10.0. The standard InChI is InChI=1S/C18H17NO3/c1-2-22-17(20)11-8-13-6-9-14(10-7-13)18(21)15-4-3-5-16(19)12-15/h3-12H,2,19H2,1H3/b11-8+. The third-order valence-electron chi connectivity index (χ3n) is 3.02. The van der Waals surface area contributed by atoms with Gasteiger partial charge < -0.3 is 10.5 Å². The van der Waals surface area contributed by atoms with Crippen molar-refractivity contribution in [2.45, 2.75) is 6.92 Å². The lowest BCUT2D eigenvalue weighted by molar-refractivity contribution is -0.137. The van der Waals surface area contributed by atoms with Gasteiger partial charge in [-0.1, -0.05) is 36.4 Å². The van der Waals surface area contributed by atoms with Crippen molar-refractivity contribution in [3.05, 3.63) is 71.3 Å². The number of nitrogens with two attached hydrogens (primary N) is 1. The smallest absolute Gasteiger partial charge is 0.330 e. The molecule has 0 bridgehead atoms. The van der Waals surface area contributed by atoms with Crippen LogP contribution in [0.25, 0.3) is 6.08 Å². The number of carbonyl (C=O) groups is 2. The van der Waals surface area contributed by atoms with Crippen LogP contribution in [0.5, 0.6) is 0 Å². The third-order valence-corrected chi connectivity index (χ3v) is 3.02. The fraction of sp³-hybridized carbons (Fsp3) is 0.111. The van der Waals surface area contributed by atoms with Crippen LogP contribution in [0, 0.1) is 0 Å². The molecular formula is C18H17NO3. The summed E-state index contributed by atoms with van der Waals surface area (Å²) >= 11 is 0. The Bertz CT molecular complexity index is 703. The molecule has 2 aromatic carbocycles. The minimum absolute atomic E-state index is 0.0896. The summed E-state index contributed by atoms with van der Waals surface area (Å²) in [6.07, 6.45) is 3.00. The molecule has 0 fully saturated rings. The number of ketones is 1. The topological polar surface area (TPSA) is 69.4 Å². The monoisotopic (exact) mass is 295 g/mol. The summed E-state index contributed by atoms with van der Waals surface area (Å²) in [5, 5.41) is 0. The second kappa shape index (κ2) is 7.22. The lowest BCUT2D eigenvalue weighted by Gasteiger charge is -2.03. The first-order valence-electron chi connectivity index (χ1n) is 6.95. The quantitative estimate of drug-likeness (QED) is 0.398. The van der Waals surface area contributed by atoms with E-state index in [1.807, 2.05) is 0 Å². The van der Waals surface area contributed by atoms with E-state index in [1.54, 1.807) is 61.5 Å². The molecule has 4 heteroatoms. The van der Waals surface area contributed by atoms with Crippen LogP contribution >= 0.6 is 0 Å². The van der Waals surface area contributed by atoms with Crippen LogP contribution in [0.3, 0.4) is 0 Å². The first kappa shape index (κ1) is 15.5. The molecule has 0 heterocycles. The Morgan fingerprint density at radius 3 is 2.45 bits per heavy atom. The fourth-order valence-electron chi connectivity index (χ4n) is 1.95. The Morgan fingerprint density at radius 2 is 1.82 bits per heavy atom. The Morgan fingerprint density at radius 1 is 1.09 bits per heavy atom. The molecule has 0 aromatic heterocycles. The summed E-state index contributed by atoms with van der Waals surface area (Å²) < 4.78 is 4.80. The van der Waals surface area contributed by atoms with Crippen molar-refractivity contribution in [3.8, 4) is 0 Å². The first-order chi connectivity index (χ1) is 10.6. The molecule has 0 saturated carbocycles. The van der Waals surface area contributed by atoms with Crippen LogP contribution in [-0.4, -0.2) is 18.4 Å². The second-order valence-electron chi connectivity index (χ2n) is 4.66. The number of nitrogen functional groups attached to an aromatic ring is 1. The molecule has 2 aromatic rings. The average molecular weight is 295 g/mol. The molecule has 2 rings (SSSR count). The van der Waals surface area contributed by atoms with Crippen molar-refractivity contribution < 1.29 is 14.3 Å². The van der Waals surface area contributed by atoms with Gasteiger partial charge >= 0.3 is 5.97 Å². The van der Waals surface area contributed by atoms with Crippen LogP contribution < -0.4 is 5.73 Å². The van der Waals surface area contributed by atoms with E-state index in [0.717, 1.165) is 5.56 Å². The number of benzene rings is 2. The van der Waals surface area contributed by atoms with Crippen LogP contribution in [-0.2, 0) is 9.53 Å². The van der Waals surface area contributed by atoms with Gasteiger partial charge in [-0.15, -0.1) is 0 Å². The summed E-state index contributed by atoms with van der Waals surface area (Å²) in [5.74, 6) is -0.476. The van der Waals surface area contributed by atoms with Gasteiger partial charge in [0, 0.05) is 22.9 Å². The number of hydrogen-bond acceptors (Lipinski definition) is 4. The highest BCUT2D eigenvalue weighted by atomic mass is 16.5. The molecule has 0 atom stereocenters. The van der Waals surface area contributed by atoms with Gasteiger partial charge in [-0.25, -0.2) is 4.79 Å². The summed E-state index contributed by atoms with van der Waals surface area (Å²) in [6, 6.07) is 13.8. The average Bonchev–Trinajstić information content (AvgIpc) is 2.53. The number of rotatable bonds is 5. The summed E-state index contributed by atoms with van der Waals surface area (Å²) in [4.78, 5) is 23.5. The normalized spacial score (nSPS) is 10.6. The predicted octanol–water partition coefficient (Wildman–Crippen LogP) is 3.08. The highest BCUT2D eigenvalue weighted by molar-refractivity contribution is 6.09. The number of esters is 1. The molecule has 0 aliphatic heterocycles. The summed E-state index contributed by atoms with van der Waals surface area (Å²) in [6.45, 7) is 2.10. The number of ether oxygens (including phenoxy) is 1. The Balaban J connectivity index is 2.12. The molecule has 0 unspecified atom stereocenters. The van der Waals surface area contributed by atoms with Crippen LogP contribution in [0.4, 0.5) is 5.69 Å². The van der Waals surface area contributed by atoms with Crippen molar-refractivity contribution >= 4 is 23.5 Å². The molecule has 0 spiro atoms. The zero-order valence-electron chi connectivity index (χ0n) is 12.3. The van der Waals surface area contributed by atoms with E-state index < -0.39 is 0 Å². The second-order valence-corrected chi connectivity index (χ2v) is 4.66. The van der Waals surface area contributed by atoms with Crippen molar-refractivity contribution in [3.63, 3.8) is 0 Å². The van der Waals surface area contributed by atoms with Gasteiger partial charge in [-0.3, -0.25) is 4.79 Å². The minimum Gasteiger partial charge on any atom is -0.463 e. The van der Waals surface area contributed by atoms with Crippen molar-refractivity contribution in [2.75, 3.05) is 12.3 Å². The summed E-state index contributed by atoms with van der Waals surface area (Å²) in [7, 11) is 0. The van der Waals surface area contributed by atoms with E-state index in [9.17, 15) is 9.59 Å². The molecule has 2 N–H and O–H groups in total. The van der Waals surface area contributed by atoms with Gasteiger partial charge in [0.05, 0.1) is 6.61 Å². The molecule has 112 valence electrons. The molecule has 4 nitrogen and oxygen atoms in total. The van der Waals surface area contributed by atoms with E-state index in [-0.39, 0.29) is 11.8 Å². The van der Waals surface area contributed by atoms with Crippen LogP contribution in [0.15, 0.2) is 54.6 Å². The molecule has 0 amide bonds. The highest BCUT2D eigenvalue weighted by Crippen LogP contribution is 2.14. The Labute approximate surface area is 129 Å².